The number of hydrogen-bond acceptors (Lipinski definition) is 1. The van der Waals surface area contributed by atoms with E-state index in [-0.39, 0.29) is 0 Å². The number of benzene rings is 1. The number of halogens is 3. The van der Waals surface area contributed by atoms with Crippen molar-refractivity contribution < 1.29 is 8.78 Å². The summed E-state index contributed by atoms with van der Waals surface area (Å²) in [5, 5.41) is 3.60. The Morgan fingerprint density at radius 1 is 1.33 bits per heavy atom. The lowest BCUT2D eigenvalue weighted by Gasteiger charge is -2.11. The van der Waals surface area contributed by atoms with Gasteiger partial charge in [0.05, 0.1) is 0 Å². The molecule has 0 saturated carbocycles. The molecule has 1 N–H and O–H groups in total. The molecule has 82 valence electrons. The van der Waals surface area contributed by atoms with E-state index < -0.39 is 11.6 Å². The largest absolute Gasteiger partial charge is 0.314 e. The molecule has 0 radical (unpaired) electrons. The van der Waals surface area contributed by atoms with Crippen LogP contribution in [0, 0.1) is 11.6 Å². The van der Waals surface area contributed by atoms with Gasteiger partial charge >= 0.3 is 0 Å². The predicted molar refractivity (Wildman–Crippen MR) is 56.1 cm³/mol. The zero-order valence-corrected chi connectivity index (χ0v) is 8.95. The molecule has 2 rings (SSSR count). The summed E-state index contributed by atoms with van der Waals surface area (Å²) in [6.07, 6.45) is 2.86. The van der Waals surface area contributed by atoms with Crippen molar-refractivity contribution in [3.05, 3.63) is 34.4 Å². The lowest BCUT2D eigenvalue weighted by Crippen LogP contribution is -2.23. The number of hydrogen-bond donors (Lipinski definition) is 1. The molecule has 1 nitrogen and oxygen atoms in total. The first-order valence-electron chi connectivity index (χ1n) is 5.03. The molecule has 4 heteroatoms. The second-order valence-corrected chi connectivity index (χ2v) is 4.26. The maximum atomic E-state index is 13.0. The minimum Gasteiger partial charge on any atom is -0.314 e. The highest BCUT2D eigenvalue weighted by molar-refractivity contribution is 6.31. The second kappa shape index (κ2) is 4.45. The van der Waals surface area contributed by atoms with Crippen LogP contribution in [0.3, 0.4) is 0 Å². The van der Waals surface area contributed by atoms with Crippen LogP contribution < -0.4 is 5.32 Å². The summed E-state index contributed by atoms with van der Waals surface area (Å²) in [5.41, 5.74) is 0.676. The fraction of sp³-hybridized carbons (Fsp3) is 0.455. The van der Waals surface area contributed by atoms with E-state index in [4.69, 9.17) is 11.6 Å². The molecule has 1 aromatic rings. The van der Waals surface area contributed by atoms with Gasteiger partial charge in [0.25, 0.3) is 0 Å². The van der Waals surface area contributed by atoms with E-state index in [1.54, 1.807) is 0 Å². The van der Waals surface area contributed by atoms with Gasteiger partial charge in [0.1, 0.15) is 0 Å². The molecule has 15 heavy (non-hydrogen) atoms. The van der Waals surface area contributed by atoms with Gasteiger partial charge < -0.3 is 5.32 Å². The van der Waals surface area contributed by atoms with Crippen molar-refractivity contribution in [3.8, 4) is 0 Å². The van der Waals surface area contributed by atoms with Gasteiger partial charge in [0, 0.05) is 11.1 Å². The summed E-state index contributed by atoms with van der Waals surface area (Å²) in [7, 11) is 0. The van der Waals surface area contributed by atoms with E-state index in [0.29, 0.717) is 23.0 Å². The summed E-state index contributed by atoms with van der Waals surface area (Å²) in [4.78, 5) is 0. The summed E-state index contributed by atoms with van der Waals surface area (Å²) in [6, 6.07) is 2.58. The van der Waals surface area contributed by atoms with E-state index in [1.807, 2.05) is 0 Å². The van der Waals surface area contributed by atoms with Gasteiger partial charge in [0.2, 0.25) is 0 Å². The highest BCUT2D eigenvalue weighted by atomic mass is 35.5. The molecule has 1 aliphatic heterocycles. The first-order chi connectivity index (χ1) is 7.16. The third-order valence-corrected chi connectivity index (χ3v) is 3.07. The zero-order chi connectivity index (χ0) is 10.8. The second-order valence-electron chi connectivity index (χ2n) is 3.86. The van der Waals surface area contributed by atoms with Gasteiger partial charge in [-0.15, -0.1) is 0 Å². The van der Waals surface area contributed by atoms with Crippen LogP contribution >= 0.6 is 11.6 Å². The molecule has 1 aliphatic rings. The molecule has 0 aliphatic carbocycles. The molecule has 1 unspecified atom stereocenters. The lowest BCUT2D eigenvalue weighted by molar-refractivity contribution is 0.505. The van der Waals surface area contributed by atoms with Crippen molar-refractivity contribution in [2.45, 2.75) is 25.3 Å². The van der Waals surface area contributed by atoms with Crippen LogP contribution in [0.1, 0.15) is 18.4 Å². The average molecular weight is 232 g/mol. The fourth-order valence-corrected chi connectivity index (χ4v) is 2.14. The molecule has 1 atom stereocenters. The molecule has 0 bridgehead atoms. The minimum atomic E-state index is -0.886. The molecule has 0 spiro atoms. The average Bonchev–Trinajstić information content (AvgIpc) is 2.67. The third-order valence-electron chi connectivity index (χ3n) is 2.72. The van der Waals surface area contributed by atoms with Crippen LogP contribution in [0.25, 0.3) is 0 Å². The summed E-state index contributed by atoms with van der Waals surface area (Å²) in [6.45, 7) is 0.992. The van der Waals surface area contributed by atoms with Crippen LogP contribution in [0.15, 0.2) is 12.1 Å². The van der Waals surface area contributed by atoms with E-state index in [9.17, 15) is 8.78 Å². The van der Waals surface area contributed by atoms with Crippen molar-refractivity contribution >= 4 is 11.6 Å². The molecule has 1 aromatic carbocycles. The highest BCUT2D eigenvalue weighted by Crippen LogP contribution is 2.23. The Bertz CT molecular complexity index is 362. The first-order valence-corrected chi connectivity index (χ1v) is 5.41. The van der Waals surface area contributed by atoms with Gasteiger partial charge in [0.15, 0.2) is 11.6 Å². The van der Waals surface area contributed by atoms with Crippen molar-refractivity contribution in [2.24, 2.45) is 0 Å². The summed E-state index contributed by atoms with van der Waals surface area (Å²) < 4.78 is 25.8. The summed E-state index contributed by atoms with van der Waals surface area (Å²) >= 11 is 5.85. The Morgan fingerprint density at radius 3 is 2.73 bits per heavy atom. The minimum absolute atomic E-state index is 0.308. The maximum absolute atomic E-state index is 13.0. The molecular formula is C11H12ClF2N. The molecular weight excluding hydrogens is 220 g/mol. The Labute approximate surface area is 92.4 Å². The quantitative estimate of drug-likeness (QED) is 0.772. The third kappa shape index (κ3) is 2.47. The van der Waals surface area contributed by atoms with Crippen molar-refractivity contribution in [3.63, 3.8) is 0 Å². The van der Waals surface area contributed by atoms with Crippen LogP contribution in [-0.4, -0.2) is 12.6 Å². The SMILES string of the molecule is Fc1cc(Cl)c(CC2CCCN2)cc1F. The zero-order valence-electron chi connectivity index (χ0n) is 8.19. The van der Waals surface area contributed by atoms with Gasteiger partial charge in [-0.25, -0.2) is 8.78 Å². The Balaban J connectivity index is 2.16. The normalized spacial score (nSPS) is 20.9. The topological polar surface area (TPSA) is 12.0 Å². The van der Waals surface area contributed by atoms with Crippen molar-refractivity contribution in [1.29, 1.82) is 0 Å². The molecule has 0 aromatic heterocycles. The van der Waals surface area contributed by atoms with E-state index in [0.717, 1.165) is 25.5 Å². The van der Waals surface area contributed by atoms with Crippen molar-refractivity contribution in [1.82, 2.24) is 5.32 Å². The number of nitrogens with one attached hydrogen (secondary N) is 1. The summed E-state index contributed by atoms with van der Waals surface area (Å²) in [5.74, 6) is -1.71. The maximum Gasteiger partial charge on any atom is 0.160 e. The Hall–Kier alpha value is -0.670. The highest BCUT2D eigenvalue weighted by Gasteiger charge is 2.17. The number of rotatable bonds is 2. The molecule has 1 heterocycles. The van der Waals surface area contributed by atoms with E-state index in [2.05, 4.69) is 5.32 Å². The van der Waals surface area contributed by atoms with Gasteiger partial charge in [-0.05, 0) is 43.5 Å². The standard InChI is InChI=1S/C11H12ClF2N/c12-9-6-11(14)10(13)5-7(9)4-8-2-1-3-15-8/h5-6,8,15H,1-4H2. The molecule has 1 saturated heterocycles. The van der Waals surface area contributed by atoms with Crippen LogP contribution in [0.5, 0.6) is 0 Å². The van der Waals surface area contributed by atoms with Gasteiger partial charge in [-0.1, -0.05) is 11.6 Å². The molecule has 0 amide bonds. The smallest absolute Gasteiger partial charge is 0.160 e. The fourth-order valence-electron chi connectivity index (χ4n) is 1.92. The first kappa shape index (κ1) is 10.8. The van der Waals surface area contributed by atoms with E-state index >= 15 is 0 Å². The Morgan fingerprint density at radius 2 is 2.07 bits per heavy atom. The van der Waals surface area contributed by atoms with E-state index in [1.165, 1.54) is 6.07 Å². The molecule has 1 fully saturated rings. The van der Waals surface area contributed by atoms with Crippen LogP contribution in [0.2, 0.25) is 5.02 Å². The van der Waals surface area contributed by atoms with Crippen molar-refractivity contribution in [2.75, 3.05) is 6.54 Å². The predicted octanol–water partition coefficient (Wildman–Crippen LogP) is 2.91. The van der Waals surface area contributed by atoms with Crippen LogP contribution in [0.4, 0.5) is 8.78 Å². The lowest BCUT2D eigenvalue weighted by atomic mass is 10.0. The monoisotopic (exact) mass is 231 g/mol. The van der Waals surface area contributed by atoms with Crippen LogP contribution in [-0.2, 0) is 6.42 Å². The van der Waals surface area contributed by atoms with Gasteiger partial charge in [-0.2, -0.15) is 0 Å². The van der Waals surface area contributed by atoms with Gasteiger partial charge in [-0.3, -0.25) is 0 Å². The Kier molecular flexibility index (Phi) is 3.22.